The summed E-state index contributed by atoms with van der Waals surface area (Å²) in [5, 5.41) is 3.38. The highest BCUT2D eigenvalue weighted by Crippen LogP contribution is 2.28. The second-order valence-electron chi connectivity index (χ2n) is 5.50. The Morgan fingerprint density at radius 3 is 2.27 bits per heavy atom. The van der Waals surface area contributed by atoms with Crippen molar-refractivity contribution < 1.29 is 0 Å². The lowest BCUT2D eigenvalue weighted by atomic mass is 10.0. The molecule has 0 spiro atoms. The molecule has 0 saturated carbocycles. The van der Waals surface area contributed by atoms with Crippen LogP contribution in [0.2, 0.25) is 0 Å². The highest BCUT2D eigenvalue weighted by Gasteiger charge is 2.10. The highest BCUT2D eigenvalue weighted by molar-refractivity contribution is 5.72. The van der Waals surface area contributed by atoms with E-state index in [1.807, 2.05) is 12.1 Å². The van der Waals surface area contributed by atoms with Gasteiger partial charge in [0.15, 0.2) is 0 Å². The largest absolute Gasteiger partial charge is 0.340 e. The molecule has 0 amide bonds. The predicted molar refractivity (Wildman–Crippen MR) is 91.4 cm³/mol. The molecule has 1 N–H and O–H groups in total. The molecule has 0 atom stereocenters. The van der Waals surface area contributed by atoms with Gasteiger partial charge in [-0.05, 0) is 38.5 Å². The molecule has 0 aliphatic carbocycles. The van der Waals surface area contributed by atoms with E-state index in [1.54, 1.807) is 6.33 Å². The standard InChI is InChI=1S/C19H19N3/c1-13-8-10-16(11-9-13)22-19-15(3)18(20-12-21-19)17-7-5-4-6-14(17)2/h4-12H,1-3H3,(H,20,21,22). The van der Waals surface area contributed by atoms with Crippen LogP contribution in [0.5, 0.6) is 0 Å². The summed E-state index contributed by atoms with van der Waals surface area (Å²) < 4.78 is 0. The molecular formula is C19H19N3. The van der Waals surface area contributed by atoms with Crippen LogP contribution in [0.1, 0.15) is 16.7 Å². The molecule has 0 radical (unpaired) electrons. The van der Waals surface area contributed by atoms with Crippen LogP contribution in [0.25, 0.3) is 11.3 Å². The predicted octanol–water partition coefficient (Wildman–Crippen LogP) is 4.81. The van der Waals surface area contributed by atoms with Crippen LogP contribution < -0.4 is 5.32 Å². The SMILES string of the molecule is Cc1ccc(Nc2ncnc(-c3ccccc3C)c2C)cc1. The summed E-state index contributed by atoms with van der Waals surface area (Å²) in [5.41, 5.74) is 6.66. The average Bonchev–Trinajstić information content (AvgIpc) is 2.52. The molecule has 3 heteroatoms. The highest BCUT2D eigenvalue weighted by atomic mass is 15.0. The van der Waals surface area contributed by atoms with E-state index in [9.17, 15) is 0 Å². The summed E-state index contributed by atoms with van der Waals surface area (Å²) >= 11 is 0. The number of benzene rings is 2. The van der Waals surface area contributed by atoms with Crippen LogP contribution in [0, 0.1) is 20.8 Å². The number of nitrogens with zero attached hydrogens (tertiary/aromatic N) is 2. The summed E-state index contributed by atoms with van der Waals surface area (Å²) in [6.07, 6.45) is 1.62. The number of hydrogen-bond donors (Lipinski definition) is 1. The zero-order chi connectivity index (χ0) is 15.5. The molecule has 110 valence electrons. The lowest BCUT2D eigenvalue weighted by Gasteiger charge is -2.13. The summed E-state index contributed by atoms with van der Waals surface area (Å²) in [5.74, 6) is 0.845. The lowest BCUT2D eigenvalue weighted by molar-refractivity contribution is 1.13. The molecule has 1 aromatic heterocycles. The fourth-order valence-corrected chi connectivity index (χ4v) is 2.46. The molecule has 0 aliphatic rings. The van der Waals surface area contributed by atoms with E-state index in [-0.39, 0.29) is 0 Å². The first-order valence-electron chi connectivity index (χ1n) is 7.36. The van der Waals surface area contributed by atoms with Crippen molar-refractivity contribution in [3.05, 3.63) is 71.5 Å². The smallest absolute Gasteiger partial charge is 0.137 e. The number of hydrogen-bond acceptors (Lipinski definition) is 3. The minimum Gasteiger partial charge on any atom is -0.340 e. The number of nitrogens with one attached hydrogen (secondary N) is 1. The van der Waals surface area contributed by atoms with E-state index in [0.29, 0.717) is 0 Å². The van der Waals surface area contributed by atoms with Gasteiger partial charge in [0.1, 0.15) is 12.1 Å². The molecule has 0 bridgehead atoms. The van der Waals surface area contributed by atoms with Gasteiger partial charge in [-0.25, -0.2) is 9.97 Å². The summed E-state index contributed by atoms with van der Waals surface area (Å²) in [4.78, 5) is 8.86. The molecule has 2 aromatic carbocycles. The van der Waals surface area contributed by atoms with Gasteiger partial charge in [0.25, 0.3) is 0 Å². The van der Waals surface area contributed by atoms with Gasteiger partial charge in [0, 0.05) is 16.8 Å². The minimum absolute atomic E-state index is 0.845. The third-order valence-electron chi connectivity index (χ3n) is 3.80. The van der Waals surface area contributed by atoms with Crippen LogP contribution in [0.15, 0.2) is 54.9 Å². The first-order valence-corrected chi connectivity index (χ1v) is 7.36. The first-order chi connectivity index (χ1) is 10.6. The van der Waals surface area contributed by atoms with Gasteiger partial charge in [0.2, 0.25) is 0 Å². The van der Waals surface area contributed by atoms with Gasteiger partial charge >= 0.3 is 0 Å². The van der Waals surface area contributed by atoms with Gasteiger partial charge in [0.05, 0.1) is 5.69 Å². The van der Waals surface area contributed by atoms with Crippen LogP contribution >= 0.6 is 0 Å². The Hall–Kier alpha value is -2.68. The van der Waals surface area contributed by atoms with E-state index in [1.165, 1.54) is 11.1 Å². The number of aryl methyl sites for hydroxylation is 2. The van der Waals surface area contributed by atoms with Crippen molar-refractivity contribution in [1.29, 1.82) is 0 Å². The third-order valence-corrected chi connectivity index (χ3v) is 3.80. The van der Waals surface area contributed by atoms with Gasteiger partial charge in [-0.2, -0.15) is 0 Å². The molecule has 0 aliphatic heterocycles. The Labute approximate surface area is 131 Å². The lowest BCUT2D eigenvalue weighted by Crippen LogP contribution is -2.00. The Kier molecular flexibility index (Phi) is 3.88. The normalized spacial score (nSPS) is 10.5. The molecule has 0 saturated heterocycles. The number of anilines is 2. The second-order valence-corrected chi connectivity index (χ2v) is 5.50. The van der Waals surface area contributed by atoms with E-state index in [4.69, 9.17) is 0 Å². The Bertz CT molecular complexity index is 792. The fourth-order valence-electron chi connectivity index (χ4n) is 2.46. The third kappa shape index (κ3) is 2.84. The van der Waals surface area contributed by atoms with Crippen LogP contribution in [-0.4, -0.2) is 9.97 Å². The molecule has 3 aromatic rings. The van der Waals surface area contributed by atoms with Crippen LogP contribution in [-0.2, 0) is 0 Å². The first kappa shape index (κ1) is 14.3. The van der Waals surface area contributed by atoms with Crippen molar-refractivity contribution in [3.8, 4) is 11.3 Å². The van der Waals surface area contributed by atoms with Crippen molar-refractivity contribution in [2.75, 3.05) is 5.32 Å². The average molecular weight is 289 g/mol. The molecule has 0 unspecified atom stereocenters. The maximum atomic E-state index is 4.47. The van der Waals surface area contributed by atoms with Gasteiger partial charge in [-0.15, -0.1) is 0 Å². The Morgan fingerprint density at radius 2 is 1.55 bits per heavy atom. The van der Waals surface area contributed by atoms with E-state index in [2.05, 4.69) is 72.5 Å². The van der Waals surface area contributed by atoms with Gasteiger partial charge < -0.3 is 5.32 Å². The van der Waals surface area contributed by atoms with Crippen LogP contribution in [0.3, 0.4) is 0 Å². The molecule has 3 nitrogen and oxygen atoms in total. The maximum Gasteiger partial charge on any atom is 0.137 e. The summed E-state index contributed by atoms with van der Waals surface area (Å²) in [6, 6.07) is 16.6. The summed E-state index contributed by atoms with van der Waals surface area (Å²) in [6.45, 7) is 6.23. The summed E-state index contributed by atoms with van der Waals surface area (Å²) in [7, 11) is 0. The van der Waals surface area contributed by atoms with E-state index in [0.717, 1.165) is 28.3 Å². The quantitative estimate of drug-likeness (QED) is 0.751. The fraction of sp³-hybridized carbons (Fsp3) is 0.158. The Morgan fingerprint density at radius 1 is 0.818 bits per heavy atom. The van der Waals surface area contributed by atoms with Crippen molar-refractivity contribution in [1.82, 2.24) is 9.97 Å². The molecule has 22 heavy (non-hydrogen) atoms. The van der Waals surface area contributed by atoms with E-state index >= 15 is 0 Å². The number of aromatic nitrogens is 2. The van der Waals surface area contributed by atoms with Crippen molar-refractivity contribution in [2.45, 2.75) is 20.8 Å². The molecule has 0 fully saturated rings. The second kappa shape index (κ2) is 5.98. The van der Waals surface area contributed by atoms with Crippen molar-refractivity contribution >= 4 is 11.5 Å². The molecule has 3 rings (SSSR count). The monoisotopic (exact) mass is 289 g/mol. The van der Waals surface area contributed by atoms with Crippen molar-refractivity contribution in [2.24, 2.45) is 0 Å². The molecular weight excluding hydrogens is 270 g/mol. The topological polar surface area (TPSA) is 37.8 Å². The Balaban J connectivity index is 1.99. The van der Waals surface area contributed by atoms with E-state index < -0.39 is 0 Å². The van der Waals surface area contributed by atoms with Crippen LogP contribution in [0.4, 0.5) is 11.5 Å². The zero-order valence-electron chi connectivity index (χ0n) is 13.1. The van der Waals surface area contributed by atoms with Gasteiger partial charge in [-0.1, -0.05) is 42.0 Å². The maximum absolute atomic E-state index is 4.47. The number of rotatable bonds is 3. The molecule has 1 heterocycles. The van der Waals surface area contributed by atoms with Crippen molar-refractivity contribution in [3.63, 3.8) is 0 Å². The zero-order valence-corrected chi connectivity index (χ0v) is 13.1. The van der Waals surface area contributed by atoms with Gasteiger partial charge in [-0.3, -0.25) is 0 Å². The minimum atomic E-state index is 0.845.